The Kier molecular flexibility index (Phi) is 6.28. The third-order valence-electron chi connectivity index (χ3n) is 3.96. The number of carbonyl (C=O) groups is 2. The number of nitrogens with two attached hydrogens (primary N) is 1. The molecule has 0 saturated heterocycles. The van der Waals surface area contributed by atoms with Crippen molar-refractivity contribution in [2.45, 2.75) is 64.5 Å². The van der Waals surface area contributed by atoms with Crippen LogP contribution < -0.4 is 11.1 Å². The first-order chi connectivity index (χ1) is 8.91. The van der Waals surface area contributed by atoms with E-state index in [0.717, 1.165) is 25.7 Å². The lowest BCUT2D eigenvalue weighted by atomic mass is 9.94. The van der Waals surface area contributed by atoms with Gasteiger partial charge in [0.2, 0.25) is 5.91 Å². The second kappa shape index (κ2) is 7.48. The Bertz CT molecular complexity index is 318. The van der Waals surface area contributed by atoms with Crippen LogP contribution in [0.1, 0.15) is 52.4 Å². The molecule has 0 aliphatic heterocycles. The first kappa shape index (κ1) is 16.0. The molecule has 4 N–H and O–H groups in total. The molecule has 0 aromatic heterocycles. The Labute approximate surface area is 114 Å². The lowest BCUT2D eigenvalue weighted by Crippen LogP contribution is -2.45. The van der Waals surface area contributed by atoms with Gasteiger partial charge in [-0.3, -0.25) is 9.59 Å². The van der Waals surface area contributed by atoms with E-state index in [-0.39, 0.29) is 30.3 Å². The first-order valence-corrected chi connectivity index (χ1v) is 7.19. The molecular weight excluding hydrogens is 244 g/mol. The van der Waals surface area contributed by atoms with Gasteiger partial charge in [-0.1, -0.05) is 33.1 Å². The molecule has 0 spiro atoms. The molecule has 1 rings (SSSR count). The van der Waals surface area contributed by atoms with Crippen LogP contribution in [-0.4, -0.2) is 29.1 Å². The van der Waals surface area contributed by atoms with Gasteiger partial charge in [0.1, 0.15) is 0 Å². The zero-order valence-electron chi connectivity index (χ0n) is 11.9. The van der Waals surface area contributed by atoms with E-state index in [1.54, 1.807) is 0 Å². The van der Waals surface area contributed by atoms with E-state index in [1.165, 1.54) is 0 Å². The molecule has 110 valence electrons. The van der Waals surface area contributed by atoms with Crippen LogP contribution in [0.25, 0.3) is 0 Å². The number of hydrogen-bond acceptors (Lipinski definition) is 3. The molecule has 3 unspecified atom stereocenters. The van der Waals surface area contributed by atoms with Crippen LogP contribution >= 0.6 is 0 Å². The van der Waals surface area contributed by atoms with Crippen LogP contribution in [0.2, 0.25) is 0 Å². The van der Waals surface area contributed by atoms with Crippen LogP contribution in [-0.2, 0) is 9.59 Å². The van der Waals surface area contributed by atoms with Crippen LogP contribution in [0.4, 0.5) is 0 Å². The van der Waals surface area contributed by atoms with E-state index in [1.807, 2.05) is 13.8 Å². The van der Waals surface area contributed by atoms with Gasteiger partial charge in [0.15, 0.2) is 0 Å². The minimum atomic E-state index is -0.805. The molecule has 0 heterocycles. The fraction of sp³-hybridized carbons (Fsp3) is 0.857. The highest BCUT2D eigenvalue weighted by atomic mass is 16.4. The van der Waals surface area contributed by atoms with E-state index in [9.17, 15) is 14.7 Å². The summed E-state index contributed by atoms with van der Waals surface area (Å²) in [6, 6.07) is -0.416. The largest absolute Gasteiger partial charge is 0.481 e. The van der Waals surface area contributed by atoms with E-state index >= 15 is 0 Å². The maximum atomic E-state index is 11.9. The normalized spacial score (nSPS) is 25.7. The molecular formula is C14H26N2O3. The summed E-state index contributed by atoms with van der Waals surface area (Å²) in [6.07, 6.45) is 4.61. The summed E-state index contributed by atoms with van der Waals surface area (Å²) in [5, 5.41) is 12.1. The van der Waals surface area contributed by atoms with E-state index in [0.29, 0.717) is 6.42 Å². The van der Waals surface area contributed by atoms with Crippen molar-refractivity contribution >= 4 is 11.9 Å². The molecule has 1 saturated carbocycles. The molecule has 0 radical (unpaired) electrons. The van der Waals surface area contributed by atoms with E-state index in [2.05, 4.69) is 5.32 Å². The Morgan fingerprint density at radius 2 is 1.89 bits per heavy atom. The summed E-state index contributed by atoms with van der Waals surface area (Å²) < 4.78 is 0. The smallest absolute Gasteiger partial charge is 0.308 e. The minimum Gasteiger partial charge on any atom is -0.481 e. The lowest BCUT2D eigenvalue weighted by Gasteiger charge is -2.24. The quantitative estimate of drug-likeness (QED) is 0.660. The van der Waals surface area contributed by atoms with Crippen molar-refractivity contribution in [1.29, 1.82) is 0 Å². The Morgan fingerprint density at radius 1 is 1.26 bits per heavy atom. The second-order valence-corrected chi connectivity index (χ2v) is 5.87. The molecule has 19 heavy (non-hydrogen) atoms. The van der Waals surface area contributed by atoms with E-state index < -0.39 is 11.9 Å². The molecule has 5 heteroatoms. The zero-order valence-corrected chi connectivity index (χ0v) is 11.9. The number of rotatable bonds is 5. The van der Waals surface area contributed by atoms with Crippen LogP contribution in [0.3, 0.4) is 0 Å². The third kappa shape index (κ3) is 5.19. The number of nitrogens with one attached hydrogen (secondary N) is 1. The summed E-state index contributed by atoms with van der Waals surface area (Å²) in [6.45, 7) is 3.95. The molecule has 0 aromatic rings. The summed E-state index contributed by atoms with van der Waals surface area (Å²) in [5.41, 5.74) is 5.87. The van der Waals surface area contributed by atoms with Crippen molar-refractivity contribution in [3.05, 3.63) is 0 Å². The maximum Gasteiger partial charge on any atom is 0.308 e. The highest BCUT2D eigenvalue weighted by molar-refractivity contribution is 5.78. The standard InChI is InChI=1S/C14H26N2O3/c1-9(2)11(15)8-13(17)16-12-7-5-3-4-6-10(12)14(18)19/h9-12H,3-8,15H2,1-2H3,(H,16,17)(H,18,19). The van der Waals surface area contributed by atoms with Gasteiger partial charge in [-0.15, -0.1) is 0 Å². The van der Waals surface area contributed by atoms with Gasteiger partial charge in [0.25, 0.3) is 0 Å². The highest BCUT2D eigenvalue weighted by Crippen LogP contribution is 2.24. The van der Waals surface area contributed by atoms with Gasteiger partial charge in [-0.25, -0.2) is 0 Å². The van der Waals surface area contributed by atoms with Gasteiger partial charge < -0.3 is 16.2 Å². The Hall–Kier alpha value is -1.10. The molecule has 0 aromatic carbocycles. The summed E-state index contributed by atoms with van der Waals surface area (Å²) in [7, 11) is 0. The molecule has 1 amide bonds. The zero-order chi connectivity index (χ0) is 14.4. The lowest BCUT2D eigenvalue weighted by molar-refractivity contribution is -0.143. The summed E-state index contributed by atoms with van der Waals surface area (Å²) >= 11 is 0. The molecule has 3 atom stereocenters. The van der Waals surface area contributed by atoms with Crippen molar-refractivity contribution in [2.75, 3.05) is 0 Å². The molecule has 0 bridgehead atoms. The summed E-state index contributed by atoms with van der Waals surface area (Å²) in [5.74, 6) is -1.14. The average molecular weight is 270 g/mol. The fourth-order valence-electron chi connectivity index (χ4n) is 2.49. The maximum absolute atomic E-state index is 11.9. The molecule has 5 nitrogen and oxygen atoms in total. The van der Waals surface area contributed by atoms with Crippen molar-refractivity contribution in [1.82, 2.24) is 5.32 Å². The van der Waals surface area contributed by atoms with Gasteiger partial charge >= 0.3 is 5.97 Å². The minimum absolute atomic E-state index is 0.126. The molecule has 1 aliphatic rings. The Morgan fingerprint density at radius 3 is 2.47 bits per heavy atom. The van der Waals surface area contributed by atoms with Gasteiger partial charge in [0.05, 0.1) is 5.92 Å². The van der Waals surface area contributed by atoms with Gasteiger partial charge in [0, 0.05) is 18.5 Å². The summed E-state index contributed by atoms with van der Waals surface area (Å²) in [4.78, 5) is 23.2. The van der Waals surface area contributed by atoms with Crippen molar-refractivity contribution in [2.24, 2.45) is 17.6 Å². The van der Waals surface area contributed by atoms with Gasteiger partial charge in [-0.05, 0) is 18.8 Å². The second-order valence-electron chi connectivity index (χ2n) is 5.87. The topological polar surface area (TPSA) is 92.4 Å². The van der Waals surface area contributed by atoms with Crippen LogP contribution in [0, 0.1) is 11.8 Å². The predicted molar refractivity (Wildman–Crippen MR) is 73.6 cm³/mol. The SMILES string of the molecule is CC(C)C(N)CC(=O)NC1CCCCCC1C(=O)O. The number of hydrogen-bond donors (Lipinski definition) is 3. The number of amides is 1. The molecule has 1 aliphatic carbocycles. The van der Waals surface area contributed by atoms with Gasteiger partial charge in [-0.2, -0.15) is 0 Å². The number of aliphatic carboxylic acids is 1. The van der Waals surface area contributed by atoms with Crippen molar-refractivity contribution in [3.63, 3.8) is 0 Å². The fourth-order valence-corrected chi connectivity index (χ4v) is 2.49. The van der Waals surface area contributed by atoms with Crippen LogP contribution in [0.15, 0.2) is 0 Å². The number of carbonyl (C=O) groups excluding carboxylic acids is 1. The monoisotopic (exact) mass is 270 g/mol. The molecule has 1 fully saturated rings. The van der Waals surface area contributed by atoms with E-state index in [4.69, 9.17) is 5.73 Å². The Balaban J connectivity index is 2.56. The third-order valence-corrected chi connectivity index (χ3v) is 3.96. The number of carboxylic acids is 1. The highest BCUT2D eigenvalue weighted by Gasteiger charge is 2.30. The van der Waals surface area contributed by atoms with Crippen LogP contribution in [0.5, 0.6) is 0 Å². The number of carboxylic acid groups (broad SMARTS) is 1. The predicted octanol–water partition coefficient (Wildman–Crippen LogP) is 1.51. The average Bonchev–Trinajstić information content (AvgIpc) is 2.54. The van der Waals surface area contributed by atoms with Crippen molar-refractivity contribution < 1.29 is 14.7 Å². The van der Waals surface area contributed by atoms with Crippen molar-refractivity contribution in [3.8, 4) is 0 Å². The first-order valence-electron chi connectivity index (χ1n) is 7.19.